The van der Waals surface area contributed by atoms with Crippen LogP contribution in [0.2, 0.25) is 0 Å². The molecule has 0 saturated heterocycles. The standard InChI is InChI=1S/C14H21NO4/c1-14(2,3)19-15-9-11-12(17-5)7-10(16-4)8-13(11)18-6/h7-9H,1-6H3/b15-9-. The Labute approximate surface area is 114 Å². The number of ether oxygens (including phenoxy) is 3. The highest BCUT2D eigenvalue weighted by molar-refractivity contribution is 5.87. The number of methoxy groups -OCH3 is 3. The summed E-state index contributed by atoms with van der Waals surface area (Å²) in [4.78, 5) is 5.32. The van der Waals surface area contributed by atoms with Crippen molar-refractivity contribution in [2.45, 2.75) is 26.4 Å². The zero-order valence-corrected chi connectivity index (χ0v) is 12.3. The molecule has 1 aromatic rings. The van der Waals surface area contributed by atoms with Gasteiger partial charge in [0, 0.05) is 12.1 Å². The molecule has 0 N–H and O–H groups in total. The molecule has 0 aromatic heterocycles. The summed E-state index contributed by atoms with van der Waals surface area (Å²) in [7, 11) is 4.75. The van der Waals surface area contributed by atoms with Crippen molar-refractivity contribution in [1.29, 1.82) is 0 Å². The normalized spacial score (nSPS) is 11.5. The van der Waals surface area contributed by atoms with Crippen molar-refractivity contribution < 1.29 is 19.0 Å². The Morgan fingerprint density at radius 2 is 1.47 bits per heavy atom. The van der Waals surface area contributed by atoms with Gasteiger partial charge in [-0.2, -0.15) is 0 Å². The Bertz CT molecular complexity index is 424. The minimum absolute atomic E-state index is 0.344. The predicted octanol–water partition coefficient (Wildman–Crippen LogP) is 2.86. The summed E-state index contributed by atoms with van der Waals surface area (Å²) in [6.45, 7) is 5.77. The van der Waals surface area contributed by atoms with Gasteiger partial charge in [0.25, 0.3) is 0 Å². The summed E-state index contributed by atoms with van der Waals surface area (Å²) in [6, 6.07) is 3.53. The molecule has 0 saturated carbocycles. The number of hydrogen-bond donors (Lipinski definition) is 0. The second-order valence-electron chi connectivity index (χ2n) is 4.88. The van der Waals surface area contributed by atoms with E-state index in [0.29, 0.717) is 22.8 Å². The van der Waals surface area contributed by atoms with Crippen LogP contribution in [0.25, 0.3) is 0 Å². The van der Waals surface area contributed by atoms with Crippen LogP contribution in [0.15, 0.2) is 17.3 Å². The lowest BCUT2D eigenvalue weighted by Gasteiger charge is -2.16. The molecule has 5 heteroatoms. The first-order valence-corrected chi connectivity index (χ1v) is 5.93. The number of rotatable bonds is 5. The quantitative estimate of drug-likeness (QED) is 0.608. The fourth-order valence-corrected chi connectivity index (χ4v) is 1.40. The lowest BCUT2D eigenvalue weighted by molar-refractivity contribution is 0.00195. The minimum Gasteiger partial charge on any atom is -0.496 e. The van der Waals surface area contributed by atoms with Crippen LogP contribution in [0.1, 0.15) is 26.3 Å². The van der Waals surface area contributed by atoms with Crippen molar-refractivity contribution in [1.82, 2.24) is 0 Å². The summed E-state index contributed by atoms with van der Waals surface area (Å²) in [5, 5.41) is 3.96. The van der Waals surface area contributed by atoms with Crippen molar-refractivity contribution in [2.75, 3.05) is 21.3 Å². The van der Waals surface area contributed by atoms with Crippen LogP contribution in [0.4, 0.5) is 0 Å². The predicted molar refractivity (Wildman–Crippen MR) is 74.5 cm³/mol. The molecule has 5 nitrogen and oxygen atoms in total. The Kier molecular flexibility index (Phi) is 5.03. The molecular formula is C14H21NO4. The third-order valence-electron chi connectivity index (χ3n) is 2.26. The van der Waals surface area contributed by atoms with Gasteiger partial charge in [-0.25, -0.2) is 0 Å². The Hall–Kier alpha value is -1.91. The van der Waals surface area contributed by atoms with Crippen LogP contribution in [-0.4, -0.2) is 33.1 Å². The molecular weight excluding hydrogens is 246 g/mol. The molecule has 0 aliphatic rings. The monoisotopic (exact) mass is 267 g/mol. The molecule has 0 aliphatic heterocycles. The van der Waals surface area contributed by atoms with Gasteiger partial charge in [0.2, 0.25) is 0 Å². The lowest BCUT2D eigenvalue weighted by Crippen LogP contribution is -2.15. The van der Waals surface area contributed by atoms with Crippen LogP contribution < -0.4 is 14.2 Å². The molecule has 0 unspecified atom stereocenters. The van der Waals surface area contributed by atoms with E-state index in [0.717, 1.165) is 0 Å². The van der Waals surface area contributed by atoms with E-state index in [9.17, 15) is 0 Å². The SMILES string of the molecule is COc1cc(OC)c(/C=N\OC(C)(C)C)c(OC)c1. The van der Waals surface area contributed by atoms with Crippen LogP contribution in [0, 0.1) is 0 Å². The molecule has 0 fully saturated rings. The second-order valence-corrected chi connectivity index (χ2v) is 4.88. The fraction of sp³-hybridized carbons (Fsp3) is 0.500. The molecule has 106 valence electrons. The Balaban J connectivity index is 3.10. The molecule has 1 aromatic carbocycles. The highest BCUT2D eigenvalue weighted by atomic mass is 16.6. The molecule has 0 bridgehead atoms. The van der Waals surface area contributed by atoms with Gasteiger partial charge in [-0.3, -0.25) is 0 Å². The van der Waals surface area contributed by atoms with E-state index < -0.39 is 0 Å². The van der Waals surface area contributed by atoms with Gasteiger partial charge < -0.3 is 19.0 Å². The summed E-state index contributed by atoms with van der Waals surface area (Å²) < 4.78 is 15.8. The maximum absolute atomic E-state index is 5.32. The number of nitrogens with zero attached hydrogens (tertiary/aromatic N) is 1. The van der Waals surface area contributed by atoms with Crippen molar-refractivity contribution in [3.8, 4) is 17.2 Å². The Morgan fingerprint density at radius 1 is 0.947 bits per heavy atom. The number of hydrogen-bond acceptors (Lipinski definition) is 5. The molecule has 0 heterocycles. The largest absolute Gasteiger partial charge is 0.496 e. The first kappa shape index (κ1) is 15.1. The van der Waals surface area contributed by atoms with E-state index in [4.69, 9.17) is 19.0 Å². The van der Waals surface area contributed by atoms with Gasteiger partial charge in [-0.05, 0) is 20.8 Å². The van der Waals surface area contributed by atoms with Gasteiger partial charge in [0.05, 0.1) is 33.1 Å². The van der Waals surface area contributed by atoms with Gasteiger partial charge in [0.1, 0.15) is 22.8 Å². The smallest absolute Gasteiger partial charge is 0.135 e. The first-order valence-electron chi connectivity index (χ1n) is 5.93. The summed E-state index contributed by atoms with van der Waals surface area (Å²) in [5.41, 5.74) is 0.360. The van der Waals surface area contributed by atoms with Crippen molar-refractivity contribution in [3.63, 3.8) is 0 Å². The van der Waals surface area contributed by atoms with E-state index in [1.165, 1.54) is 0 Å². The number of benzene rings is 1. The van der Waals surface area contributed by atoms with Crippen molar-refractivity contribution in [3.05, 3.63) is 17.7 Å². The zero-order chi connectivity index (χ0) is 14.5. The van der Waals surface area contributed by atoms with E-state index in [-0.39, 0.29) is 5.60 Å². The average molecular weight is 267 g/mol. The van der Waals surface area contributed by atoms with Gasteiger partial charge in [-0.15, -0.1) is 0 Å². The van der Waals surface area contributed by atoms with E-state index in [2.05, 4.69) is 5.16 Å². The third kappa shape index (κ3) is 4.35. The maximum atomic E-state index is 5.32. The van der Waals surface area contributed by atoms with Crippen molar-refractivity contribution >= 4 is 6.21 Å². The van der Waals surface area contributed by atoms with Crippen LogP contribution in [0.5, 0.6) is 17.2 Å². The van der Waals surface area contributed by atoms with E-state index in [1.54, 1.807) is 39.7 Å². The van der Waals surface area contributed by atoms with E-state index in [1.807, 2.05) is 20.8 Å². The molecule has 0 aliphatic carbocycles. The average Bonchev–Trinajstić information content (AvgIpc) is 2.37. The minimum atomic E-state index is -0.344. The van der Waals surface area contributed by atoms with Crippen LogP contribution in [0.3, 0.4) is 0 Å². The third-order valence-corrected chi connectivity index (χ3v) is 2.26. The first-order chi connectivity index (χ1) is 8.91. The highest BCUT2D eigenvalue weighted by Gasteiger charge is 2.13. The number of oxime groups is 1. The fourth-order valence-electron chi connectivity index (χ4n) is 1.40. The van der Waals surface area contributed by atoms with Gasteiger partial charge in [-0.1, -0.05) is 5.16 Å². The molecule has 0 atom stereocenters. The van der Waals surface area contributed by atoms with Gasteiger partial charge in [0.15, 0.2) is 0 Å². The topological polar surface area (TPSA) is 49.3 Å². The highest BCUT2D eigenvalue weighted by Crippen LogP contribution is 2.32. The van der Waals surface area contributed by atoms with Crippen molar-refractivity contribution in [2.24, 2.45) is 5.16 Å². The van der Waals surface area contributed by atoms with Gasteiger partial charge >= 0.3 is 0 Å². The Morgan fingerprint density at radius 3 is 1.84 bits per heavy atom. The van der Waals surface area contributed by atoms with Crippen LogP contribution >= 0.6 is 0 Å². The van der Waals surface area contributed by atoms with E-state index >= 15 is 0 Å². The summed E-state index contributed by atoms with van der Waals surface area (Å²) in [5.74, 6) is 1.87. The summed E-state index contributed by atoms with van der Waals surface area (Å²) >= 11 is 0. The molecule has 1 rings (SSSR count). The molecule has 0 radical (unpaired) electrons. The van der Waals surface area contributed by atoms with Crippen LogP contribution in [-0.2, 0) is 4.84 Å². The maximum Gasteiger partial charge on any atom is 0.135 e. The summed E-state index contributed by atoms with van der Waals surface area (Å²) in [6.07, 6.45) is 1.57. The zero-order valence-electron chi connectivity index (χ0n) is 12.3. The molecule has 0 spiro atoms. The molecule has 0 amide bonds. The second kappa shape index (κ2) is 6.31. The lowest BCUT2D eigenvalue weighted by atomic mass is 10.2. The molecule has 19 heavy (non-hydrogen) atoms.